The third kappa shape index (κ3) is 5.69. The van der Waals surface area contributed by atoms with E-state index in [2.05, 4.69) is 25.9 Å². The van der Waals surface area contributed by atoms with E-state index >= 15 is 0 Å². The normalized spacial score (nSPS) is 21.2. The van der Waals surface area contributed by atoms with Gasteiger partial charge in [-0.1, -0.05) is 30.3 Å². The number of aromatic amines is 1. The second-order valence-corrected chi connectivity index (χ2v) is 8.53. The fourth-order valence-corrected chi connectivity index (χ4v) is 4.42. The summed E-state index contributed by atoms with van der Waals surface area (Å²) in [5.41, 5.74) is 1.45. The quantitative estimate of drug-likeness (QED) is 0.305. The molecule has 36 heavy (non-hydrogen) atoms. The van der Waals surface area contributed by atoms with E-state index in [1.807, 2.05) is 30.3 Å². The van der Waals surface area contributed by atoms with Gasteiger partial charge in [0.15, 0.2) is 11.6 Å². The van der Waals surface area contributed by atoms with Gasteiger partial charge >= 0.3 is 6.03 Å². The number of amides is 3. The Morgan fingerprint density at radius 3 is 2.67 bits per heavy atom. The van der Waals surface area contributed by atoms with Crippen molar-refractivity contribution in [3.63, 3.8) is 0 Å². The van der Waals surface area contributed by atoms with Gasteiger partial charge in [-0.15, -0.1) is 0 Å². The number of H-pyrrole nitrogens is 1. The molecule has 1 aliphatic rings. The predicted octanol–water partition coefficient (Wildman–Crippen LogP) is 2.77. The highest BCUT2D eigenvalue weighted by Gasteiger charge is 2.47. The van der Waals surface area contributed by atoms with Gasteiger partial charge in [-0.3, -0.25) is 4.79 Å². The molecule has 4 rings (SSSR count). The average molecular weight is 500 g/mol. The Morgan fingerprint density at radius 1 is 1.17 bits per heavy atom. The lowest BCUT2D eigenvalue weighted by molar-refractivity contribution is -0.127. The van der Waals surface area contributed by atoms with Gasteiger partial charge < -0.3 is 30.8 Å². The Morgan fingerprint density at radius 2 is 1.94 bits per heavy atom. The summed E-state index contributed by atoms with van der Waals surface area (Å²) < 4.78 is 31.7. The smallest absolute Gasteiger partial charge is 0.319 e. The van der Waals surface area contributed by atoms with Crippen molar-refractivity contribution < 1.29 is 28.2 Å². The fourth-order valence-electron chi connectivity index (χ4n) is 4.42. The summed E-state index contributed by atoms with van der Waals surface area (Å²) in [4.78, 5) is 33.1. The number of rotatable bonds is 8. The van der Waals surface area contributed by atoms with Crippen LogP contribution in [0.3, 0.4) is 0 Å². The third-order valence-electron chi connectivity index (χ3n) is 6.16. The fraction of sp³-hybridized carbons (Fsp3) is 0.320. The van der Waals surface area contributed by atoms with E-state index in [0.717, 1.165) is 17.7 Å². The van der Waals surface area contributed by atoms with Crippen LogP contribution in [0.25, 0.3) is 11.4 Å². The van der Waals surface area contributed by atoms with Crippen molar-refractivity contribution >= 4 is 17.6 Å². The molecule has 11 heteroatoms. The average Bonchev–Trinajstić information content (AvgIpc) is 3.46. The minimum atomic E-state index is -1.12. The first-order valence-corrected chi connectivity index (χ1v) is 11.4. The van der Waals surface area contributed by atoms with Crippen LogP contribution in [0.15, 0.2) is 54.7 Å². The topological polar surface area (TPSA) is 128 Å². The van der Waals surface area contributed by atoms with E-state index in [1.165, 1.54) is 13.2 Å². The SMILES string of the molecule is COCCNC(=O)[C@H]1C[C@@H](NC(=O)Nc2ccc(F)c(F)c2)[C@H](c2cnc(-c3ccccc3)[nH]2)[C@@H]1O. The molecule has 0 unspecified atom stereocenters. The minimum Gasteiger partial charge on any atom is -0.392 e. The molecule has 9 nitrogen and oxygen atoms in total. The molecule has 0 spiro atoms. The Labute approximate surface area is 206 Å². The number of ether oxygens (including phenoxy) is 1. The van der Waals surface area contributed by atoms with Gasteiger partial charge in [0.05, 0.1) is 18.6 Å². The summed E-state index contributed by atoms with van der Waals surface area (Å²) in [5.74, 6) is -3.39. The molecule has 2 aromatic carbocycles. The van der Waals surface area contributed by atoms with Crippen LogP contribution in [0.2, 0.25) is 0 Å². The van der Waals surface area contributed by atoms with Gasteiger partial charge in [-0.05, 0) is 18.6 Å². The number of nitrogens with zero attached hydrogens (tertiary/aromatic N) is 1. The largest absolute Gasteiger partial charge is 0.392 e. The first-order valence-electron chi connectivity index (χ1n) is 11.4. The first-order chi connectivity index (χ1) is 17.4. The first kappa shape index (κ1) is 25.3. The van der Waals surface area contributed by atoms with Crippen molar-refractivity contribution in [1.29, 1.82) is 0 Å². The van der Waals surface area contributed by atoms with Gasteiger partial charge in [-0.25, -0.2) is 18.6 Å². The summed E-state index contributed by atoms with van der Waals surface area (Å²) in [6.45, 7) is 0.595. The lowest BCUT2D eigenvalue weighted by atomic mass is 9.96. The molecule has 0 saturated heterocycles. The summed E-state index contributed by atoms with van der Waals surface area (Å²) in [6.07, 6.45) is 0.601. The van der Waals surface area contributed by atoms with Gasteiger partial charge in [0.2, 0.25) is 5.91 Å². The third-order valence-corrected chi connectivity index (χ3v) is 6.16. The number of aliphatic hydroxyl groups excluding tert-OH is 1. The molecule has 1 fully saturated rings. The van der Waals surface area contributed by atoms with Crippen molar-refractivity contribution in [1.82, 2.24) is 20.6 Å². The highest BCUT2D eigenvalue weighted by Crippen LogP contribution is 2.39. The molecule has 0 bridgehead atoms. The highest BCUT2D eigenvalue weighted by molar-refractivity contribution is 5.89. The molecular weight excluding hydrogens is 472 g/mol. The Balaban J connectivity index is 1.54. The molecule has 3 amide bonds. The maximum absolute atomic E-state index is 13.5. The zero-order chi connectivity index (χ0) is 25.7. The van der Waals surface area contributed by atoms with Gasteiger partial charge in [-0.2, -0.15) is 0 Å². The lowest BCUT2D eigenvalue weighted by Gasteiger charge is -2.22. The number of aromatic nitrogens is 2. The molecule has 3 aromatic rings. The van der Waals surface area contributed by atoms with E-state index in [0.29, 0.717) is 18.1 Å². The number of imidazole rings is 1. The molecule has 1 aromatic heterocycles. The number of aliphatic hydroxyl groups is 1. The number of benzene rings is 2. The second kappa shape index (κ2) is 11.3. The molecule has 190 valence electrons. The summed E-state index contributed by atoms with van der Waals surface area (Å²) in [5, 5.41) is 19.1. The van der Waals surface area contributed by atoms with Crippen molar-refractivity contribution in [3.05, 3.63) is 72.1 Å². The van der Waals surface area contributed by atoms with E-state index in [4.69, 9.17) is 4.74 Å². The van der Waals surface area contributed by atoms with E-state index in [9.17, 15) is 23.5 Å². The Kier molecular flexibility index (Phi) is 7.91. The van der Waals surface area contributed by atoms with Crippen LogP contribution in [-0.4, -0.2) is 59.4 Å². The minimum absolute atomic E-state index is 0.0586. The highest BCUT2D eigenvalue weighted by atomic mass is 19.2. The van der Waals surface area contributed by atoms with Gasteiger partial charge in [0, 0.05) is 54.8 Å². The molecule has 4 atom stereocenters. The lowest BCUT2D eigenvalue weighted by Crippen LogP contribution is -2.41. The van der Waals surface area contributed by atoms with Crippen LogP contribution in [0.5, 0.6) is 0 Å². The van der Waals surface area contributed by atoms with Crippen molar-refractivity contribution in [3.8, 4) is 11.4 Å². The molecule has 5 N–H and O–H groups in total. The number of hydrogen-bond acceptors (Lipinski definition) is 5. The molecule has 1 heterocycles. The number of methoxy groups -OCH3 is 1. The summed E-state index contributed by atoms with van der Waals surface area (Å²) in [6, 6.07) is 11.0. The number of halogens is 2. The van der Waals surface area contributed by atoms with E-state index in [-0.39, 0.29) is 24.6 Å². The Bertz CT molecular complexity index is 1210. The molecule has 1 saturated carbocycles. The number of hydrogen-bond donors (Lipinski definition) is 5. The Hall–Kier alpha value is -3.83. The molecular formula is C25H27F2N5O4. The maximum atomic E-state index is 13.5. The molecule has 0 aliphatic heterocycles. The van der Waals surface area contributed by atoms with Crippen molar-refractivity contribution in [2.75, 3.05) is 25.6 Å². The zero-order valence-electron chi connectivity index (χ0n) is 19.5. The van der Waals surface area contributed by atoms with E-state index in [1.54, 1.807) is 6.20 Å². The van der Waals surface area contributed by atoms with Gasteiger partial charge in [0.1, 0.15) is 5.82 Å². The van der Waals surface area contributed by atoms with Crippen molar-refractivity contribution in [2.45, 2.75) is 24.5 Å². The second-order valence-electron chi connectivity index (χ2n) is 8.53. The molecule has 1 aliphatic carbocycles. The number of carbonyl (C=O) groups is 2. The van der Waals surface area contributed by atoms with Crippen LogP contribution >= 0.6 is 0 Å². The van der Waals surface area contributed by atoms with Crippen LogP contribution in [-0.2, 0) is 9.53 Å². The van der Waals surface area contributed by atoms with Crippen LogP contribution < -0.4 is 16.0 Å². The van der Waals surface area contributed by atoms with Gasteiger partial charge in [0.25, 0.3) is 0 Å². The summed E-state index contributed by atoms with van der Waals surface area (Å²) in [7, 11) is 1.51. The molecule has 0 radical (unpaired) electrons. The predicted molar refractivity (Wildman–Crippen MR) is 128 cm³/mol. The van der Waals surface area contributed by atoms with E-state index < -0.39 is 41.6 Å². The number of carbonyl (C=O) groups excluding carboxylic acids is 2. The van der Waals surface area contributed by atoms with Crippen LogP contribution in [0.1, 0.15) is 18.0 Å². The number of anilines is 1. The number of nitrogens with one attached hydrogen (secondary N) is 4. The standard InChI is InChI=1S/C25H27F2N5O4/c1-36-10-9-28-24(34)16-12-19(32-25(35)30-15-7-8-17(26)18(27)11-15)21(22(16)33)20-13-29-23(31-20)14-5-3-2-4-6-14/h2-8,11,13,16,19,21-22,33H,9-10,12H2,1H3,(H,28,34)(H,29,31)(H2,30,32,35)/t16-,19+,21+,22+/m0/s1. The van der Waals surface area contributed by atoms with Crippen LogP contribution in [0.4, 0.5) is 19.3 Å². The maximum Gasteiger partial charge on any atom is 0.319 e. The summed E-state index contributed by atoms with van der Waals surface area (Å²) >= 11 is 0. The van der Waals surface area contributed by atoms with Crippen molar-refractivity contribution in [2.24, 2.45) is 5.92 Å². The zero-order valence-corrected chi connectivity index (χ0v) is 19.5. The number of urea groups is 1. The monoisotopic (exact) mass is 499 g/mol. The van der Waals surface area contributed by atoms with Crippen LogP contribution in [0, 0.1) is 17.6 Å².